The third kappa shape index (κ3) is 7.27. The summed E-state index contributed by atoms with van der Waals surface area (Å²) in [6.07, 6.45) is 1.93. The minimum atomic E-state index is -0.268. The van der Waals surface area contributed by atoms with Gasteiger partial charge in [-0.05, 0) is 24.6 Å². The molecule has 0 unspecified atom stereocenters. The highest BCUT2D eigenvalue weighted by molar-refractivity contribution is 8.00. The summed E-state index contributed by atoms with van der Waals surface area (Å²) in [7, 11) is 0. The van der Waals surface area contributed by atoms with Crippen molar-refractivity contribution in [2.45, 2.75) is 43.8 Å². The highest BCUT2D eigenvalue weighted by atomic mass is 32.2. The normalized spacial score (nSPS) is 11.7. The zero-order valence-electron chi connectivity index (χ0n) is 14.9. The van der Waals surface area contributed by atoms with E-state index in [2.05, 4.69) is 48.4 Å². The van der Waals surface area contributed by atoms with Crippen molar-refractivity contribution in [1.82, 2.24) is 4.98 Å². The maximum absolute atomic E-state index is 11.4. The number of hydrazone groups is 1. The molecule has 5 nitrogen and oxygen atoms in total. The van der Waals surface area contributed by atoms with Crippen molar-refractivity contribution >= 4 is 40.4 Å². The first-order valence-corrected chi connectivity index (χ1v) is 9.73. The molecule has 0 saturated carbocycles. The standard InChI is InChI=1S/C18H23N3O2S2/c1-5-23-16(22)10-14-12-24-17(20-14)21-19-11-13-6-8-15(9-7-13)25-18(2,3)4/h6-9,11-12H,5,10H2,1-4H3,(H,20,21). The maximum atomic E-state index is 11.4. The Morgan fingerprint density at radius 1 is 1.36 bits per heavy atom. The summed E-state index contributed by atoms with van der Waals surface area (Å²) < 4.78 is 5.11. The molecule has 0 aliphatic heterocycles. The molecule has 0 amide bonds. The predicted octanol–water partition coefficient (Wildman–Crippen LogP) is 4.59. The number of carbonyl (C=O) groups is 1. The fourth-order valence-corrected chi connectivity index (χ4v) is 3.58. The Morgan fingerprint density at radius 3 is 2.72 bits per heavy atom. The van der Waals surface area contributed by atoms with Gasteiger partial charge in [0.1, 0.15) is 0 Å². The minimum absolute atomic E-state index is 0.183. The monoisotopic (exact) mass is 377 g/mol. The highest BCUT2D eigenvalue weighted by Gasteiger charge is 2.11. The van der Waals surface area contributed by atoms with Gasteiger partial charge in [0.2, 0.25) is 5.13 Å². The van der Waals surface area contributed by atoms with E-state index < -0.39 is 0 Å². The molecule has 0 aliphatic carbocycles. The number of ether oxygens (including phenoxy) is 1. The van der Waals surface area contributed by atoms with Crippen LogP contribution in [-0.4, -0.2) is 28.5 Å². The van der Waals surface area contributed by atoms with E-state index in [1.165, 1.54) is 16.2 Å². The van der Waals surface area contributed by atoms with Gasteiger partial charge in [0.05, 0.1) is 24.9 Å². The Bertz CT molecular complexity index is 719. The summed E-state index contributed by atoms with van der Waals surface area (Å²) in [6.45, 7) is 8.75. The molecule has 0 atom stereocenters. The molecule has 0 radical (unpaired) electrons. The summed E-state index contributed by atoms with van der Waals surface area (Å²) in [6, 6.07) is 8.26. The zero-order valence-corrected chi connectivity index (χ0v) is 16.5. The molecule has 1 aromatic carbocycles. The van der Waals surface area contributed by atoms with Crippen LogP contribution in [-0.2, 0) is 16.0 Å². The van der Waals surface area contributed by atoms with E-state index in [0.717, 1.165) is 5.56 Å². The van der Waals surface area contributed by atoms with E-state index in [1.807, 2.05) is 29.3 Å². The van der Waals surface area contributed by atoms with Gasteiger partial charge in [-0.25, -0.2) is 4.98 Å². The quantitative estimate of drug-likeness (QED) is 0.331. The number of nitrogens with zero attached hydrogens (tertiary/aromatic N) is 2. The second kappa shape index (κ2) is 9.01. The second-order valence-corrected chi connectivity index (χ2v) is 9.04. The molecule has 1 heterocycles. The van der Waals surface area contributed by atoms with Crippen molar-refractivity contribution in [3.8, 4) is 0 Å². The lowest BCUT2D eigenvalue weighted by Crippen LogP contribution is -2.07. The number of aromatic nitrogens is 1. The minimum Gasteiger partial charge on any atom is -0.466 e. The molecule has 0 bridgehead atoms. The van der Waals surface area contributed by atoms with Gasteiger partial charge >= 0.3 is 5.97 Å². The van der Waals surface area contributed by atoms with Gasteiger partial charge in [0, 0.05) is 15.0 Å². The number of thioether (sulfide) groups is 1. The smallest absolute Gasteiger partial charge is 0.311 e. The van der Waals surface area contributed by atoms with Crippen molar-refractivity contribution in [2.24, 2.45) is 5.10 Å². The summed E-state index contributed by atoms with van der Waals surface area (Å²) in [4.78, 5) is 17.0. The number of anilines is 1. The van der Waals surface area contributed by atoms with Gasteiger partial charge in [-0.3, -0.25) is 10.2 Å². The first-order valence-electron chi connectivity index (χ1n) is 8.04. The number of hydrogen-bond acceptors (Lipinski definition) is 7. The molecular weight excluding hydrogens is 354 g/mol. The van der Waals surface area contributed by atoms with Gasteiger partial charge in [0.25, 0.3) is 0 Å². The second-order valence-electron chi connectivity index (χ2n) is 6.28. The average molecular weight is 378 g/mol. The van der Waals surface area contributed by atoms with Gasteiger partial charge < -0.3 is 4.74 Å². The number of esters is 1. The first kappa shape index (κ1) is 19.5. The molecule has 2 rings (SSSR count). The Balaban J connectivity index is 1.86. The van der Waals surface area contributed by atoms with E-state index in [0.29, 0.717) is 17.4 Å². The molecule has 0 aliphatic rings. The molecule has 1 aromatic heterocycles. The zero-order chi connectivity index (χ0) is 18.3. The van der Waals surface area contributed by atoms with Crippen LogP contribution in [0.3, 0.4) is 0 Å². The molecule has 2 aromatic rings. The lowest BCUT2D eigenvalue weighted by molar-refractivity contribution is -0.142. The molecule has 7 heteroatoms. The average Bonchev–Trinajstić information content (AvgIpc) is 2.95. The van der Waals surface area contributed by atoms with E-state index in [4.69, 9.17) is 4.74 Å². The fourth-order valence-electron chi connectivity index (χ4n) is 1.94. The van der Waals surface area contributed by atoms with Gasteiger partial charge in [-0.15, -0.1) is 23.1 Å². The van der Waals surface area contributed by atoms with Crippen molar-refractivity contribution in [2.75, 3.05) is 12.0 Å². The molecular formula is C18H23N3O2S2. The lowest BCUT2D eigenvalue weighted by atomic mass is 10.2. The molecule has 1 N–H and O–H groups in total. The SMILES string of the molecule is CCOC(=O)Cc1csc(NN=Cc2ccc(SC(C)(C)C)cc2)n1. The Morgan fingerprint density at radius 2 is 2.08 bits per heavy atom. The van der Waals surface area contributed by atoms with Crippen LogP contribution >= 0.6 is 23.1 Å². The molecule has 0 fully saturated rings. The molecule has 0 spiro atoms. The van der Waals surface area contributed by atoms with E-state index >= 15 is 0 Å². The van der Waals surface area contributed by atoms with Crippen LogP contribution in [0.4, 0.5) is 5.13 Å². The van der Waals surface area contributed by atoms with Gasteiger partial charge in [-0.2, -0.15) is 5.10 Å². The summed E-state index contributed by atoms with van der Waals surface area (Å²) >= 11 is 3.24. The number of carbonyl (C=O) groups excluding carboxylic acids is 1. The van der Waals surface area contributed by atoms with Crippen LogP contribution < -0.4 is 5.43 Å². The Hall–Kier alpha value is -1.86. The summed E-state index contributed by atoms with van der Waals surface area (Å²) in [5.74, 6) is -0.268. The summed E-state index contributed by atoms with van der Waals surface area (Å²) in [5.41, 5.74) is 4.58. The Kier molecular flexibility index (Phi) is 7.01. The third-order valence-electron chi connectivity index (χ3n) is 2.86. The van der Waals surface area contributed by atoms with E-state index in [-0.39, 0.29) is 17.1 Å². The van der Waals surface area contributed by atoms with Crippen LogP contribution in [0.1, 0.15) is 39.0 Å². The number of hydrogen-bond donors (Lipinski definition) is 1. The largest absolute Gasteiger partial charge is 0.466 e. The third-order valence-corrected chi connectivity index (χ3v) is 4.78. The number of nitrogens with one attached hydrogen (secondary N) is 1. The number of thiazole rings is 1. The van der Waals surface area contributed by atoms with Crippen LogP contribution in [0.2, 0.25) is 0 Å². The maximum Gasteiger partial charge on any atom is 0.311 e. The lowest BCUT2D eigenvalue weighted by Gasteiger charge is -2.17. The molecule has 134 valence electrons. The van der Waals surface area contributed by atoms with Crippen molar-refractivity contribution in [3.63, 3.8) is 0 Å². The highest BCUT2D eigenvalue weighted by Crippen LogP contribution is 2.31. The van der Waals surface area contributed by atoms with Crippen molar-refractivity contribution in [1.29, 1.82) is 0 Å². The van der Waals surface area contributed by atoms with Gasteiger partial charge in [-0.1, -0.05) is 32.9 Å². The van der Waals surface area contributed by atoms with Crippen LogP contribution in [0, 0.1) is 0 Å². The first-order chi connectivity index (χ1) is 11.9. The summed E-state index contributed by atoms with van der Waals surface area (Å²) in [5, 5.41) is 6.67. The van der Waals surface area contributed by atoms with Gasteiger partial charge in [0.15, 0.2) is 0 Å². The van der Waals surface area contributed by atoms with Crippen LogP contribution in [0.5, 0.6) is 0 Å². The van der Waals surface area contributed by atoms with Crippen LogP contribution in [0.25, 0.3) is 0 Å². The van der Waals surface area contributed by atoms with E-state index in [1.54, 1.807) is 13.1 Å². The van der Waals surface area contributed by atoms with E-state index in [9.17, 15) is 4.79 Å². The molecule has 0 saturated heterocycles. The molecule has 25 heavy (non-hydrogen) atoms. The number of benzene rings is 1. The Labute approximate surface area is 156 Å². The fraction of sp³-hybridized carbons (Fsp3) is 0.389. The van der Waals surface area contributed by atoms with Crippen molar-refractivity contribution < 1.29 is 9.53 Å². The predicted molar refractivity (Wildman–Crippen MR) is 106 cm³/mol. The number of rotatable bonds is 7. The van der Waals surface area contributed by atoms with Crippen molar-refractivity contribution in [3.05, 3.63) is 40.9 Å². The topological polar surface area (TPSA) is 63.6 Å². The van der Waals surface area contributed by atoms with Crippen LogP contribution in [0.15, 0.2) is 39.6 Å².